The number of hydrogen-bond donors (Lipinski definition) is 2. The molecule has 0 aliphatic rings. The molecule has 0 saturated carbocycles. The first-order valence-corrected chi connectivity index (χ1v) is 10.8. The van der Waals surface area contributed by atoms with Crippen LogP contribution in [0.2, 0.25) is 0 Å². The van der Waals surface area contributed by atoms with Gasteiger partial charge in [0.15, 0.2) is 5.76 Å². The summed E-state index contributed by atoms with van der Waals surface area (Å²) in [7, 11) is 1.65. The molecule has 0 radical (unpaired) electrons. The smallest absolute Gasteiger partial charge is 0.291 e. The molecule has 0 spiro atoms. The number of methoxy groups -OCH3 is 1. The van der Waals surface area contributed by atoms with Crippen LogP contribution >= 0.6 is 11.3 Å². The van der Waals surface area contributed by atoms with Crippen molar-refractivity contribution in [2.45, 2.75) is 19.4 Å². The van der Waals surface area contributed by atoms with Crippen LogP contribution in [0.5, 0.6) is 5.75 Å². The van der Waals surface area contributed by atoms with E-state index >= 15 is 0 Å². The van der Waals surface area contributed by atoms with E-state index in [4.69, 9.17) is 9.15 Å². The Hall–Kier alpha value is -3.58. The molecule has 0 aliphatic heterocycles. The summed E-state index contributed by atoms with van der Waals surface area (Å²) < 4.78 is 10.6. The molecular weight excluding hydrogens is 410 g/mol. The first-order chi connectivity index (χ1) is 15.2. The zero-order valence-electron chi connectivity index (χ0n) is 17.3. The van der Waals surface area contributed by atoms with Crippen molar-refractivity contribution >= 4 is 28.1 Å². The van der Waals surface area contributed by atoms with Crippen LogP contribution in [0.15, 0.2) is 77.5 Å². The molecule has 0 saturated heterocycles. The molecule has 2 N–H and O–H groups in total. The standard InChI is InChI=1S/C24H23N3O3S/c1-3-18-15-19(24(31-18)27-23(28)20-7-6-14-30-20)22(26-21-8-4-5-13-25-21)16-9-11-17(29-2)12-10-16/h4-15,22H,3H2,1-2H3,(H,25,26)(H,27,28)/t22-/m1/s1. The Kier molecular flexibility index (Phi) is 6.33. The minimum atomic E-state index is -0.276. The molecule has 0 unspecified atom stereocenters. The van der Waals surface area contributed by atoms with E-state index in [1.165, 1.54) is 11.1 Å². The molecule has 6 nitrogen and oxygen atoms in total. The minimum absolute atomic E-state index is 0.218. The summed E-state index contributed by atoms with van der Waals surface area (Å²) in [5.41, 5.74) is 2.00. The SMILES string of the molecule is CCc1cc([C@H](Nc2ccccn2)c2ccc(OC)cc2)c(NC(=O)c2ccco2)s1. The fourth-order valence-corrected chi connectivity index (χ4v) is 4.28. The van der Waals surface area contributed by atoms with Gasteiger partial charge in [-0.15, -0.1) is 11.3 Å². The lowest BCUT2D eigenvalue weighted by Crippen LogP contribution is -2.16. The van der Waals surface area contributed by atoms with E-state index in [0.717, 1.165) is 34.1 Å². The van der Waals surface area contributed by atoms with E-state index in [1.807, 2.05) is 42.5 Å². The molecule has 4 aromatic rings. The summed E-state index contributed by atoms with van der Waals surface area (Å²) in [4.78, 5) is 18.3. The summed E-state index contributed by atoms with van der Waals surface area (Å²) >= 11 is 1.57. The maximum absolute atomic E-state index is 12.7. The van der Waals surface area contributed by atoms with Crippen LogP contribution in [-0.4, -0.2) is 18.0 Å². The largest absolute Gasteiger partial charge is 0.497 e. The van der Waals surface area contributed by atoms with Crippen molar-refractivity contribution in [1.29, 1.82) is 0 Å². The number of aromatic nitrogens is 1. The summed E-state index contributed by atoms with van der Waals surface area (Å²) in [6.45, 7) is 2.10. The lowest BCUT2D eigenvalue weighted by atomic mass is 9.99. The molecule has 4 rings (SSSR count). The summed E-state index contributed by atoms with van der Waals surface area (Å²) in [6.07, 6.45) is 4.11. The number of carbonyl (C=O) groups excluding carboxylic acids is 1. The number of thiophene rings is 1. The number of hydrogen-bond acceptors (Lipinski definition) is 6. The van der Waals surface area contributed by atoms with Gasteiger partial charge < -0.3 is 19.8 Å². The van der Waals surface area contributed by atoms with Gasteiger partial charge >= 0.3 is 0 Å². The van der Waals surface area contributed by atoms with E-state index < -0.39 is 0 Å². The topological polar surface area (TPSA) is 76.4 Å². The lowest BCUT2D eigenvalue weighted by Gasteiger charge is -2.21. The predicted octanol–water partition coefficient (Wildman–Crippen LogP) is 5.76. The van der Waals surface area contributed by atoms with Gasteiger partial charge in [0.2, 0.25) is 0 Å². The third kappa shape index (κ3) is 4.78. The minimum Gasteiger partial charge on any atom is -0.497 e. The number of rotatable bonds is 8. The molecule has 3 heterocycles. The van der Waals surface area contributed by atoms with Crippen LogP contribution < -0.4 is 15.4 Å². The number of benzene rings is 1. The Morgan fingerprint density at radius 1 is 1.16 bits per heavy atom. The predicted molar refractivity (Wildman–Crippen MR) is 123 cm³/mol. The van der Waals surface area contributed by atoms with Crippen molar-refractivity contribution < 1.29 is 13.9 Å². The molecular formula is C24H23N3O3S. The summed E-state index contributed by atoms with van der Waals surface area (Å²) in [5.74, 6) is 1.53. The van der Waals surface area contributed by atoms with Gasteiger partial charge in [-0.1, -0.05) is 25.1 Å². The second kappa shape index (κ2) is 9.49. The fraction of sp³-hybridized carbons (Fsp3) is 0.167. The molecule has 7 heteroatoms. The maximum Gasteiger partial charge on any atom is 0.291 e. The highest BCUT2D eigenvalue weighted by molar-refractivity contribution is 7.16. The maximum atomic E-state index is 12.7. The number of amides is 1. The first-order valence-electron chi connectivity index (χ1n) is 9.97. The quantitative estimate of drug-likeness (QED) is 0.369. The van der Waals surface area contributed by atoms with Gasteiger partial charge in [-0.3, -0.25) is 4.79 Å². The van der Waals surface area contributed by atoms with Gasteiger partial charge in [0.1, 0.15) is 16.6 Å². The van der Waals surface area contributed by atoms with Gasteiger partial charge in [0.25, 0.3) is 5.91 Å². The van der Waals surface area contributed by atoms with Gasteiger partial charge in [-0.25, -0.2) is 4.98 Å². The Morgan fingerprint density at radius 3 is 2.65 bits per heavy atom. The average Bonchev–Trinajstić information content (AvgIpc) is 3.49. The highest BCUT2D eigenvalue weighted by Crippen LogP contribution is 2.38. The van der Waals surface area contributed by atoms with E-state index in [2.05, 4.69) is 28.6 Å². The van der Waals surface area contributed by atoms with Crippen molar-refractivity contribution in [2.75, 3.05) is 17.7 Å². The van der Waals surface area contributed by atoms with Crippen molar-refractivity contribution in [3.05, 3.63) is 94.9 Å². The average molecular weight is 434 g/mol. The van der Waals surface area contributed by atoms with Crippen LogP contribution in [0.4, 0.5) is 10.8 Å². The third-order valence-corrected chi connectivity index (χ3v) is 6.06. The molecule has 0 aliphatic carbocycles. The summed E-state index contributed by atoms with van der Waals surface area (Å²) in [5, 5.41) is 7.32. The second-order valence-corrected chi connectivity index (χ2v) is 7.98. The Bertz CT molecular complexity index is 1120. The Morgan fingerprint density at radius 2 is 2.00 bits per heavy atom. The lowest BCUT2D eigenvalue weighted by molar-refractivity contribution is 0.0997. The van der Waals surface area contributed by atoms with E-state index in [9.17, 15) is 4.79 Å². The number of pyridine rings is 1. The molecule has 1 aromatic carbocycles. The molecule has 0 fully saturated rings. The number of nitrogens with zero attached hydrogens (tertiary/aromatic N) is 1. The highest BCUT2D eigenvalue weighted by atomic mass is 32.1. The number of carbonyl (C=O) groups is 1. The molecule has 1 atom stereocenters. The van der Waals surface area contributed by atoms with E-state index in [-0.39, 0.29) is 17.7 Å². The zero-order chi connectivity index (χ0) is 21.6. The van der Waals surface area contributed by atoms with Gasteiger partial charge in [0, 0.05) is 16.6 Å². The van der Waals surface area contributed by atoms with Gasteiger partial charge in [-0.05, 0) is 54.4 Å². The van der Waals surface area contributed by atoms with Crippen molar-refractivity contribution in [3.8, 4) is 5.75 Å². The monoisotopic (exact) mass is 433 g/mol. The van der Waals surface area contributed by atoms with Crippen LogP contribution in [-0.2, 0) is 6.42 Å². The zero-order valence-corrected chi connectivity index (χ0v) is 18.1. The van der Waals surface area contributed by atoms with Crippen LogP contribution in [0.25, 0.3) is 0 Å². The third-order valence-electron chi connectivity index (χ3n) is 4.85. The number of aryl methyl sites for hydroxylation is 1. The van der Waals surface area contributed by atoms with Crippen molar-refractivity contribution in [3.63, 3.8) is 0 Å². The normalized spacial score (nSPS) is 11.7. The molecule has 3 aromatic heterocycles. The van der Waals surface area contributed by atoms with E-state index in [0.29, 0.717) is 0 Å². The van der Waals surface area contributed by atoms with Crippen LogP contribution in [0.3, 0.4) is 0 Å². The fourth-order valence-electron chi connectivity index (χ4n) is 3.25. The van der Waals surface area contributed by atoms with Crippen LogP contribution in [0.1, 0.15) is 39.5 Å². The molecule has 31 heavy (non-hydrogen) atoms. The first kappa shape index (κ1) is 20.7. The highest BCUT2D eigenvalue weighted by Gasteiger charge is 2.23. The molecule has 1 amide bonds. The number of anilines is 2. The van der Waals surface area contributed by atoms with E-state index in [1.54, 1.807) is 36.8 Å². The van der Waals surface area contributed by atoms with Crippen LogP contribution in [0, 0.1) is 0 Å². The second-order valence-electron chi connectivity index (χ2n) is 6.85. The molecule has 158 valence electrons. The Balaban J connectivity index is 1.74. The Labute approximate surface area is 184 Å². The number of furan rings is 1. The summed E-state index contributed by atoms with van der Waals surface area (Å²) in [6, 6.07) is 18.9. The van der Waals surface area contributed by atoms with Gasteiger partial charge in [0.05, 0.1) is 19.4 Å². The molecule has 0 bridgehead atoms. The van der Waals surface area contributed by atoms with Crippen molar-refractivity contribution in [2.24, 2.45) is 0 Å². The van der Waals surface area contributed by atoms with Crippen molar-refractivity contribution in [1.82, 2.24) is 4.98 Å². The van der Waals surface area contributed by atoms with Gasteiger partial charge in [-0.2, -0.15) is 0 Å². The number of ether oxygens (including phenoxy) is 1. The number of nitrogens with one attached hydrogen (secondary N) is 2.